The maximum absolute atomic E-state index is 13.6. The third kappa shape index (κ3) is 3.41. The van der Waals surface area contributed by atoms with Gasteiger partial charge >= 0.3 is 0 Å². The number of nitrogens with zero attached hydrogens (tertiary/aromatic N) is 2. The molecule has 2 aromatic carbocycles. The number of likely N-dealkylation sites (tertiary alicyclic amines) is 1. The van der Waals surface area contributed by atoms with Crippen molar-refractivity contribution in [1.29, 1.82) is 0 Å². The van der Waals surface area contributed by atoms with E-state index in [1.807, 2.05) is 54.6 Å². The Kier molecular flexibility index (Phi) is 5.01. The number of hydrogen-bond donors (Lipinski definition) is 1. The number of carbonyl (C=O) groups is 3. The van der Waals surface area contributed by atoms with Gasteiger partial charge in [-0.3, -0.25) is 24.3 Å². The minimum absolute atomic E-state index is 0.0878. The largest absolute Gasteiger partial charge is 0.324 e. The lowest BCUT2D eigenvalue weighted by molar-refractivity contribution is -0.146. The van der Waals surface area contributed by atoms with Crippen molar-refractivity contribution in [3.05, 3.63) is 84.6 Å². The quantitative estimate of drug-likeness (QED) is 0.470. The van der Waals surface area contributed by atoms with Gasteiger partial charge in [-0.05, 0) is 54.5 Å². The van der Waals surface area contributed by atoms with Crippen LogP contribution in [0.25, 0.3) is 10.9 Å². The van der Waals surface area contributed by atoms with Crippen molar-refractivity contribution in [2.45, 2.75) is 25.3 Å². The van der Waals surface area contributed by atoms with Gasteiger partial charge in [0.1, 0.15) is 6.04 Å². The summed E-state index contributed by atoms with van der Waals surface area (Å²) in [6, 6.07) is 17.9. The molecule has 5 atom stereocenters. The Morgan fingerprint density at radius 2 is 1.65 bits per heavy atom. The van der Waals surface area contributed by atoms with E-state index in [1.54, 1.807) is 12.3 Å². The van der Waals surface area contributed by atoms with Crippen LogP contribution >= 0.6 is 0 Å². The van der Waals surface area contributed by atoms with Crippen molar-refractivity contribution in [1.82, 2.24) is 9.88 Å². The minimum atomic E-state index is -0.906. The monoisotopic (exact) mass is 451 g/mol. The lowest BCUT2D eigenvalue weighted by Gasteiger charge is -2.38. The van der Waals surface area contributed by atoms with Crippen LogP contribution in [0.5, 0.6) is 0 Å². The van der Waals surface area contributed by atoms with Crippen LogP contribution < -0.4 is 5.32 Å². The first kappa shape index (κ1) is 20.8. The van der Waals surface area contributed by atoms with Crippen LogP contribution in [-0.2, 0) is 20.8 Å². The van der Waals surface area contributed by atoms with Crippen LogP contribution in [0.3, 0.4) is 0 Å². The fourth-order valence-electron chi connectivity index (χ4n) is 5.92. The molecule has 1 saturated heterocycles. The summed E-state index contributed by atoms with van der Waals surface area (Å²) in [5.74, 6) is -1.26. The van der Waals surface area contributed by atoms with E-state index in [4.69, 9.17) is 0 Å². The van der Waals surface area contributed by atoms with E-state index in [2.05, 4.69) is 22.5 Å². The Morgan fingerprint density at radius 3 is 2.32 bits per heavy atom. The van der Waals surface area contributed by atoms with Crippen molar-refractivity contribution < 1.29 is 14.4 Å². The normalized spacial score (nSPS) is 26.1. The molecule has 1 saturated carbocycles. The number of allylic oxidation sites excluding steroid dienone is 2. The summed E-state index contributed by atoms with van der Waals surface area (Å²) >= 11 is 0. The number of imide groups is 1. The molecule has 3 aliphatic carbocycles. The number of nitrogens with one attached hydrogen (secondary N) is 1. The van der Waals surface area contributed by atoms with Gasteiger partial charge in [0, 0.05) is 23.7 Å². The number of hydrogen-bond acceptors (Lipinski definition) is 4. The molecule has 2 fully saturated rings. The molecule has 2 bridgehead atoms. The molecule has 6 heteroatoms. The van der Waals surface area contributed by atoms with Crippen molar-refractivity contribution >= 4 is 34.3 Å². The van der Waals surface area contributed by atoms with Crippen molar-refractivity contribution in [2.24, 2.45) is 23.7 Å². The summed E-state index contributed by atoms with van der Waals surface area (Å²) in [5, 5.41) is 3.87. The van der Waals surface area contributed by atoms with Gasteiger partial charge in [0.25, 0.3) is 0 Å². The molecule has 170 valence electrons. The van der Waals surface area contributed by atoms with Crippen LogP contribution in [0.4, 0.5) is 5.69 Å². The van der Waals surface area contributed by atoms with Gasteiger partial charge in [-0.2, -0.15) is 0 Å². The third-order valence-corrected chi connectivity index (χ3v) is 7.55. The molecule has 4 aliphatic rings. The highest BCUT2D eigenvalue weighted by Crippen LogP contribution is 2.50. The lowest BCUT2D eigenvalue weighted by Crippen LogP contribution is -2.49. The second kappa shape index (κ2) is 8.20. The first-order valence-corrected chi connectivity index (χ1v) is 11.8. The number of amides is 3. The molecule has 0 radical (unpaired) electrons. The first-order valence-electron chi connectivity index (χ1n) is 11.8. The van der Waals surface area contributed by atoms with Gasteiger partial charge in [0.05, 0.1) is 17.4 Å². The summed E-state index contributed by atoms with van der Waals surface area (Å²) in [4.78, 5) is 46.4. The molecule has 0 unspecified atom stereocenters. The molecule has 6 nitrogen and oxygen atoms in total. The molecule has 3 aromatic rings. The van der Waals surface area contributed by atoms with E-state index in [-0.39, 0.29) is 47.8 Å². The van der Waals surface area contributed by atoms with Crippen LogP contribution in [0.15, 0.2) is 79.0 Å². The molecule has 1 N–H and O–H groups in total. The van der Waals surface area contributed by atoms with E-state index < -0.39 is 6.04 Å². The number of fused-ring (bicyclic) bond motifs is 2. The average Bonchev–Trinajstić information content (AvgIpc) is 3.16. The topological polar surface area (TPSA) is 79.4 Å². The van der Waals surface area contributed by atoms with Gasteiger partial charge in [-0.15, -0.1) is 0 Å². The van der Waals surface area contributed by atoms with Crippen LogP contribution in [0, 0.1) is 23.7 Å². The molecule has 1 aromatic heterocycles. The molecular weight excluding hydrogens is 426 g/mol. The number of rotatable bonds is 5. The zero-order valence-electron chi connectivity index (χ0n) is 18.6. The fourth-order valence-corrected chi connectivity index (χ4v) is 5.92. The van der Waals surface area contributed by atoms with Crippen molar-refractivity contribution in [3.8, 4) is 0 Å². The molecule has 0 spiro atoms. The Hall–Kier alpha value is -3.80. The number of pyridine rings is 1. The highest BCUT2D eigenvalue weighted by atomic mass is 16.2. The zero-order chi connectivity index (χ0) is 23.2. The van der Waals surface area contributed by atoms with Gasteiger partial charge in [-0.25, -0.2) is 0 Å². The summed E-state index contributed by atoms with van der Waals surface area (Å²) in [6.45, 7) is 0. The van der Waals surface area contributed by atoms with Crippen molar-refractivity contribution in [3.63, 3.8) is 0 Å². The van der Waals surface area contributed by atoms with Crippen LogP contribution in [0.2, 0.25) is 0 Å². The van der Waals surface area contributed by atoms with Gasteiger partial charge in [-0.1, -0.05) is 48.6 Å². The molecule has 1 aliphatic heterocycles. The Labute approximate surface area is 197 Å². The fraction of sp³-hybridized carbons (Fsp3) is 0.286. The summed E-state index contributed by atoms with van der Waals surface area (Å²) in [6.07, 6.45) is 8.05. The Bertz CT molecular complexity index is 1290. The summed E-state index contributed by atoms with van der Waals surface area (Å²) < 4.78 is 0. The number of carbonyl (C=O) groups excluding carboxylic acids is 3. The van der Waals surface area contributed by atoms with E-state index >= 15 is 0 Å². The lowest BCUT2D eigenvalue weighted by atomic mass is 9.63. The second-order valence-corrected chi connectivity index (χ2v) is 9.49. The second-order valence-electron chi connectivity index (χ2n) is 9.49. The number of aromatic nitrogens is 1. The summed E-state index contributed by atoms with van der Waals surface area (Å²) in [5.41, 5.74) is 2.35. The molecule has 7 rings (SSSR count). The predicted molar refractivity (Wildman–Crippen MR) is 128 cm³/mol. The smallest absolute Gasteiger partial charge is 0.248 e. The zero-order valence-corrected chi connectivity index (χ0v) is 18.6. The van der Waals surface area contributed by atoms with Crippen LogP contribution in [-0.4, -0.2) is 33.6 Å². The van der Waals surface area contributed by atoms with Gasteiger partial charge in [0.15, 0.2) is 0 Å². The van der Waals surface area contributed by atoms with E-state index in [9.17, 15) is 14.4 Å². The van der Waals surface area contributed by atoms with Gasteiger partial charge < -0.3 is 5.32 Å². The summed E-state index contributed by atoms with van der Waals surface area (Å²) in [7, 11) is 0. The molecule has 3 amide bonds. The minimum Gasteiger partial charge on any atom is -0.324 e. The number of benzene rings is 2. The highest BCUT2D eigenvalue weighted by Gasteiger charge is 2.58. The average molecular weight is 452 g/mol. The predicted octanol–water partition coefficient (Wildman–Crippen LogP) is 3.98. The third-order valence-electron chi connectivity index (χ3n) is 7.55. The standard InChI is InChI=1S/C28H25N3O3/c32-26(30-21-12-13-22-20(16-21)7-4-14-29-22)23(15-17-5-2-1-3-6-17)31-27(33)24-18-8-9-19(11-10-18)25(24)28(31)34/h1-9,12-14,16,18-19,23-25H,10-11,15H2,(H,30,32)/t18-,19-,23-,24-,25+/m0/s1. The SMILES string of the molecule is O=C(Nc1ccc2ncccc2c1)[C@H](Cc1ccccc1)N1C(=O)[C@@H]2[C@H](C1=O)[C@H]1C=C[C@H]2CC1. The number of anilines is 1. The Morgan fingerprint density at radius 1 is 0.941 bits per heavy atom. The highest BCUT2D eigenvalue weighted by molar-refractivity contribution is 6.10. The van der Waals surface area contributed by atoms with Crippen molar-refractivity contribution in [2.75, 3.05) is 5.32 Å². The first-order chi connectivity index (χ1) is 16.6. The maximum Gasteiger partial charge on any atom is 0.248 e. The van der Waals surface area contributed by atoms with E-state index in [0.29, 0.717) is 5.69 Å². The van der Waals surface area contributed by atoms with E-state index in [0.717, 1.165) is 29.3 Å². The maximum atomic E-state index is 13.6. The molecule has 34 heavy (non-hydrogen) atoms. The van der Waals surface area contributed by atoms with Gasteiger partial charge in [0.2, 0.25) is 17.7 Å². The van der Waals surface area contributed by atoms with E-state index in [1.165, 1.54) is 4.90 Å². The molecule has 2 heterocycles. The van der Waals surface area contributed by atoms with Crippen LogP contribution in [0.1, 0.15) is 18.4 Å². The molecular formula is C28H25N3O3. The Balaban J connectivity index is 1.33.